The van der Waals surface area contributed by atoms with Crippen molar-refractivity contribution in [1.82, 2.24) is 4.98 Å². The summed E-state index contributed by atoms with van der Waals surface area (Å²) in [7, 11) is -2.39. The minimum atomic E-state index is -3.77. The van der Waals surface area contributed by atoms with Crippen LogP contribution in [0.15, 0.2) is 35.4 Å². The van der Waals surface area contributed by atoms with E-state index in [4.69, 9.17) is 9.47 Å². The van der Waals surface area contributed by atoms with Gasteiger partial charge in [-0.2, -0.15) is 0 Å². The van der Waals surface area contributed by atoms with Gasteiger partial charge in [0.05, 0.1) is 31.6 Å². The molecule has 8 heteroatoms. The van der Waals surface area contributed by atoms with E-state index in [0.717, 1.165) is 0 Å². The zero-order valence-corrected chi connectivity index (χ0v) is 15.1. The fourth-order valence-corrected chi connectivity index (χ4v) is 4.33. The predicted octanol–water partition coefficient (Wildman–Crippen LogP) is 1.91. The molecule has 3 rings (SSSR count). The van der Waals surface area contributed by atoms with Crippen LogP contribution in [0.1, 0.15) is 34.3 Å². The Hall–Kier alpha value is -2.45. The molecule has 0 amide bonds. The largest absolute Gasteiger partial charge is 0.495 e. The van der Waals surface area contributed by atoms with E-state index in [-0.39, 0.29) is 34.7 Å². The van der Waals surface area contributed by atoms with Gasteiger partial charge in [-0.25, -0.2) is 13.4 Å². The highest BCUT2D eigenvalue weighted by Gasteiger charge is 2.24. The van der Waals surface area contributed by atoms with Crippen molar-refractivity contribution < 1.29 is 27.8 Å². The number of aromatic nitrogens is 1. The van der Waals surface area contributed by atoms with E-state index in [2.05, 4.69) is 4.98 Å². The van der Waals surface area contributed by atoms with Crippen LogP contribution in [0.2, 0.25) is 0 Å². The number of ether oxygens (including phenoxy) is 2. The number of nitrogens with zero attached hydrogens (tertiary/aromatic N) is 1. The van der Waals surface area contributed by atoms with Crippen molar-refractivity contribution >= 4 is 15.6 Å². The summed E-state index contributed by atoms with van der Waals surface area (Å²) in [5.41, 5.74) is 1.17. The Morgan fingerprint density at radius 3 is 2.81 bits per heavy atom. The fraction of sp³-hybridized carbons (Fsp3) is 0.333. The van der Waals surface area contributed by atoms with Gasteiger partial charge in [0.1, 0.15) is 10.6 Å². The highest BCUT2D eigenvalue weighted by molar-refractivity contribution is 7.90. The first-order valence-corrected chi connectivity index (χ1v) is 9.75. The molecule has 1 aliphatic heterocycles. The molecule has 2 heterocycles. The maximum atomic E-state index is 12.9. The monoisotopic (exact) mass is 377 g/mol. The van der Waals surface area contributed by atoms with Gasteiger partial charge >= 0.3 is 0 Å². The van der Waals surface area contributed by atoms with Gasteiger partial charge in [0, 0.05) is 12.6 Å². The van der Waals surface area contributed by atoms with Crippen molar-refractivity contribution in [3.05, 3.63) is 47.2 Å². The number of aliphatic hydroxyl groups excluding tert-OH is 1. The van der Waals surface area contributed by atoms with Gasteiger partial charge in [0.25, 0.3) is 0 Å². The Labute approximate surface area is 151 Å². The van der Waals surface area contributed by atoms with E-state index in [1.807, 2.05) is 0 Å². The number of hydrogen-bond acceptors (Lipinski definition) is 7. The minimum absolute atomic E-state index is 0.0101. The molecule has 0 atom stereocenters. The van der Waals surface area contributed by atoms with Crippen LogP contribution >= 0.6 is 0 Å². The van der Waals surface area contributed by atoms with E-state index in [1.165, 1.54) is 31.5 Å². The van der Waals surface area contributed by atoms with Crippen LogP contribution in [0, 0.1) is 0 Å². The van der Waals surface area contributed by atoms with Crippen LogP contribution in [-0.4, -0.2) is 38.0 Å². The third-order valence-corrected chi connectivity index (χ3v) is 5.80. The first-order chi connectivity index (χ1) is 12.4. The van der Waals surface area contributed by atoms with Gasteiger partial charge < -0.3 is 14.6 Å². The topological polar surface area (TPSA) is 103 Å². The summed E-state index contributed by atoms with van der Waals surface area (Å²) in [5.74, 6) is -0.00634. The molecular weight excluding hydrogens is 358 g/mol. The highest BCUT2D eigenvalue weighted by atomic mass is 32.2. The van der Waals surface area contributed by atoms with Crippen LogP contribution in [0.4, 0.5) is 0 Å². The third kappa shape index (κ3) is 3.71. The SMILES string of the molecule is COc1ccc(CO)cc1S(=O)(=O)Cc1cnc2c(c1)C(=O)CCCO2. The van der Waals surface area contributed by atoms with Crippen molar-refractivity contribution in [1.29, 1.82) is 0 Å². The lowest BCUT2D eigenvalue weighted by atomic mass is 10.1. The van der Waals surface area contributed by atoms with Gasteiger partial charge in [-0.1, -0.05) is 6.07 Å². The smallest absolute Gasteiger partial charge is 0.224 e. The summed E-state index contributed by atoms with van der Waals surface area (Å²) in [5, 5.41) is 9.27. The van der Waals surface area contributed by atoms with E-state index >= 15 is 0 Å². The molecule has 0 saturated heterocycles. The lowest BCUT2D eigenvalue weighted by Crippen LogP contribution is -2.09. The molecule has 1 N–H and O–H groups in total. The number of sulfone groups is 1. The number of aliphatic hydroxyl groups is 1. The summed E-state index contributed by atoms with van der Waals surface area (Å²) in [6.07, 6.45) is 2.35. The number of methoxy groups -OCH3 is 1. The Bertz CT molecular complexity index is 939. The van der Waals surface area contributed by atoms with Crippen LogP contribution in [0.3, 0.4) is 0 Å². The minimum Gasteiger partial charge on any atom is -0.495 e. The van der Waals surface area contributed by atoms with Crippen LogP contribution < -0.4 is 9.47 Å². The van der Waals surface area contributed by atoms with Crippen molar-refractivity contribution in [3.8, 4) is 11.6 Å². The van der Waals surface area contributed by atoms with E-state index in [0.29, 0.717) is 36.1 Å². The lowest BCUT2D eigenvalue weighted by Gasteiger charge is -2.12. The second-order valence-corrected chi connectivity index (χ2v) is 7.93. The van der Waals surface area contributed by atoms with Gasteiger partial charge in [-0.05, 0) is 35.7 Å². The number of fused-ring (bicyclic) bond motifs is 1. The fourth-order valence-electron chi connectivity index (χ4n) is 2.79. The Balaban J connectivity index is 1.97. The molecule has 1 aromatic carbocycles. The number of carbonyl (C=O) groups excluding carboxylic acids is 1. The molecule has 2 aromatic rings. The zero-order chi connectivity index (χ0) is 18.7. The number of benzene rings is 1. The number of hydrogen-bond donors (Lipinski definition) is 1. The molecule has 0 radical (unpaired) electrons. The second kappa shape index (κ2) is 7.43. The molecule has 0 unspecified atom stereocenters. The molecule has 0 spiro atoms. The lowest BCUT2D eigenvalue weighted by molar-refractivity contribution is 0.0983. The number of ketones is 1. The number of Topliss-reactive ketones (excluding diaryl/α,β-unsaturated/α-hetero) is 1. The number of pyridine rings is 1. The Kier molecular flexibility index (Phi) is 5.24. The van der Waals surface area contributed by atoms with Gasteiger partial charge in [-0.15, -0.1) is 0 Å². The average Bonchev–Trinajstić information content (AvgIpc) is 2.82. The zero-order valence-electron chi connectivity index (χ0n) is 14.3. The molecular formula is C18H19NO6S. The predicted molar refractivity (Wildman–Crippen MR) is 93.1 cm³/mol. The van der Waals surface area contributed by atoms with Gasteiger partial charge in [0.15, 0.2) is 15.6 Å². The Morgan fingerprint density at radius 1 is 1.27 bits per heavy atom. The normalized spacial score (nSPS) is 14.3. The average molecular weight is 377 g/mol. The second-order valence-electron chi connectivity index (χ2n) is 5.97. The van der Waals surface area contributed by atoms with Crippen molar-refractivity contribution in [2.24, 2.45) is 0 Å². The van der Waals surface area contributed by atoms with Gasteiger partial charge in [0.2, 0.25) is 5.88 Å². The molecule has 0 aliphatic carbocycles. The first kappa shape index (κ1) is 18.3. The van der Waals surface area contributed by atoms with Crippen LogP contribution in [0.25, 0.3) is 0 Å². The van der Waals surface area contributed by atoms with Crippen LogP contribution in [-0.2, 0) is 22.2 Å². The summed E-state index contributed by atoms with van der Waals surface area (Å²) in [4.78, 5) is 16.3. The summed E-state index contributed by atoms with van der Waals surface area (Å²) >= 11 is 0. The number of rotatable bonds is 5. The van der Waals surface area contributed by atoms with Gasteiger partial charge in [-0.3, -0.25) is 4.79 Å². The van der Waals surface area contributed by atoms with E-state index in [9.17, 15) is 18.3 Å². The summed E-state index contributed by atoms with van der Waals surface area (Å²) in [6, 6.07) is 6.01. The number of carbonyl (C=O) groups is 1. The Morgan fingerprint density at radius 2 is 2.08 bits per heavy atom. The molecule has 1 aromatic heterocycles. The molecule has 0 fully saturated rings. The standard InChI is InChI=1S/C18H19NO6S/c1-24-16-5-4-12(10-20)8-17(16)26(22,23)11-13-7-14-15(21)3-2-6-25-18(14)19-9-13/h4-5,7-9,20H,2-3,6,10-11H2,1H3. The molecule has 1 aliphatic rings. The molecule has 26 heavy (non-hydrogen) atoms. The van der Waals surface area contributed by atoms with Crippen molar-refractivity contribution in [2.45, 2.75) is 30.1 Å². The van der Waals surface area contributed by atoms with Crippen molar-refractivity contribution in [2.75, 3.05) is 13.7 Å². The van der Waals surface area contributed by atoms with E-state index < -0.39 is 9.84 Å². The molecule has 138 valence electrons. The quantitative estimate of drug-likeness (QED) is 0.849. The molecule has 0 bridgehead atoms. The maximum absolute atomic E-state index is 12.9. The van der Waals surface area contributed by atoms with E-state index in [1.54, 1.807) is 6.07 Å². The van der Waals surface area contributed by atoms with Crippen molar-refractivity contribution in [3.63, 3.8) is 0 Å². The molecule has 0 saturated carbocycles. The maximum Gasteiger partial charge on any atom is 0.224 e. The summed E-state index contributed by atoms with van der Waals surface area (Å²) in [6.45, 7) is 0.132. The van der Waals surface area contributed by atoms with Crippen LogP contribution in [0.5, 0.6) is 11.6 Å². The first-order valence-electron chi connectivity index (χ1n) is 8.10. The summed E-state index contributed by atoms with van der Waals surface area (Å²) < 4.78 is 36.3. The highest BCUT2D eigenvalue weighted by Crippen LogP contribution is 2.29. The third-order valence-electron chi connectivity index (χ3n) is 4.10. The molecule has 7 nitrogen and oxygen atoms in total.